The van der Waals surface area contributed by atoms with E-state index in [9.17, 15) is 4.79 Å². The summed E-state index contributed by atoms with van der Waals surface area (Å²) < 4.78 is 0. The highest BCUT2D eigenvalue weighted by molar-refractivity contribution is 6.56. The van der Waals surface area contributed by atoms with Crippen LogP contribution >= 0.6 is 69.6 Å². The van der Waals surface area contributed by atoms with Crippen LogP contribution in [-0.2, 0) is 0 Å². The lowest BCUT2D eigenvalue weighted by atomic mass is 10.1. The van der Waals surface area contributed by atoms with Crippen molar-refractivity contribution in [1.29, 1.82) is 0 Å². The predicted molar refractivity (Wildman–Crippen MR) is 86.7 cm³/mol. The first kappa shape index (κ1) is 16.9. The Balaban J connectivity index is 2.77. The molecule has 0 bridgehead atoms. The van der Waals surface area contributed by atoms with Gasteiger partial charge in [-0.3, -0.25) is 4.98 Å². The van der Waals surface area contributed by atoms with E-state index in [2.05, 4.69) is 4.98 Å². The lowest BCUT2D eigenvalue weighted by Crippen LogP contribution is -1.99. The molecule has 0 atom stereocenters. The number of nitrogens with zero attached hydrogens (tertiary/aromatic N) is 1. The van der Waals surface area contributed by atoms with Crippen LogP contribution in [0.5, 0.6) is 0 Å². The Hall–Kier alpha value is -0.420. The van der Waals surface area contributed by atoms with Gasteiger partial charge < -0.3 is 5.11 Å². The average Bonchev–Trinajstić information content (AvgIpc) is 2.44. The van der Waals surface area contributed by atoms with Crippen molar-refractivity contribution >= 4 is 75.6 Å². The Kier molecular flexibility index (Phi) is 5.14. The van der Waals surface area contributed by atoms with Crippen LogP contribution in [0.25, 0.3) is 11.3 Å². The SMILES string of the molecule is O=C(O)c1cnc(-c2c(Cl)c(Cl)c(Cl)c(Cl)c2Cl)c(Cl)c1. The second kappa shape index (κ2) is 6.37. The number of carboxylic acids is 1. The van der Waals surface area contributed by atoms with Gasteiger partial charge >= 0.3 is 5.97 Å². The second-order valence-corrected chi connectivity index (χ2v) is 6.10. The molecule has 0 unspecified atom stereocenters. The maximum absolute atomic E-state index is 10.9. The van der Waals surface area contributed by atoms with Gasteiger partial charge in [-0.2, -0.15) is 0 Å². The smallest absolute Gasteiger partial charge is 0.337 e. The van der Waals surface area contributed by atoms with Crippen molar-refractivity contribution in [2.75, 3.05) is 0 Å². The number of carbonyl (C=O) groups is 1. The molecule has 0 fully saturated rings. The average molecular weight is 406 g/mol. The lowest BCUT2D eigenvalue weighted by molar-refractivity contribution is 0.0696. The number of carboxylic acid groups (broad SMARTS) is 1. The molecule has 110 valence electrons. The first-order chi connectivity index (χ1) is 9.75. The Morgan fingerprint density at radius 1 is 0.905 bits per heavy atom. The van der Waals surface area contributed by atoms with Crippen molar-refractivity contribution in [1.82, 2.24) is 4.98 Å². The van der Waals surface area contributed by atoms with Gasteiger partial charge in [0, 0.05) is 11.8 Å². The Bertz CT molecular complexity index is 733. The standard InChI is InChI=1S/C12H3Cl6NO2/c13-4-1-3(12(20)21)2-19-11(4)5-6(14)8(16)10(18)9(17)7(5)15/h1-2H,(H,20,21). The minimum Gasteiger partial charge on any atom is -0.478 e. The molecule has 1 heterocycles. The third-order valence-corrected chi connectivity index (χ3v) is 5.10. The summed E-state index contributed by atoms with van der Waals surface area (Å²) in [6, 6.07) is 1.22. The molecule has 0 saturated heterocycles. The largest absolute Gasteiger partial charge is 0.478 e. The number of aromatic carboxylic acids is 1. The van der Waals surface area contributed by atoms with E-state index < -0.39 is 5.97 Å². The van der Waals surface area contributed by atoms with E-state index >= 15 is 0 Å². The fourth-order valence-corrected chi connectivity index (χ4v) is 3.13. The number of halogens is 6. The summed E-state index contributed by atoms with van der Waals surface area (Å²) in [5.74, 6) is -1.17. The van der Waals surface area contributed by atoms with Crippen LogP contribution in [0.4, 0.5) is 0 Å². The summed E-state index contributed by atoms with van der Waals surface area (Å²) in [6.07, 6.45) is 1.12. The molecule has 2 rings (SSSR count). The van der Waals surface area contributed by atoms with Gasteiger partial charge in [-0.1, -0.05) is 69.6 Å². The van der Waals surface area contributed by atoms with E-state index in [1.165, 1.54) is 6.07 Å². The summed E-state index contributed by atoms with van der Waals surface area (Å²) in [7, 11) is 0. The molecular formula is C12H3Cl6NO2. The summed E-state index contributed by atoms with van der Waals surface area (Å²) in [6.45, 7) is 0. The van der Waals surface area contributed by atoms with Crippen LogP contribution in [0.3, 0.4) is 0 Å². The molecule has 1 aromatic heterocycles. The molecule has 2 aromatic rings. The van der Waals surface area contributed by atoms with E-state index in [0.29, 0.717) is 0 Å². The van der Waals surface area contributed by atoms with Gasteiger partial charge in [0.05, 0.1) is 41.4 Å². The predicted octanol–water partition coefficient (Wildman–Crippen LogP) is 6.37. The molecule has 1 aromatic carbocycles. The van der Waals surface area contributed by atoms with Crippen LogP contribution < -0.4 is 0 Å². The zero-order chi connectivity index (χ0) is 15.9. The molecule has 0 radical (unpaired) electrons. The van der Waals surface area contributed by atoms with Crippen molar-refractivity contribution < 1.29 is 9.90 Å². The molecule has 0 saturated carbocycles. The summed E-state index contributed by atoms with van der Waals surface area (Å²) in [4.78, 5) is 14.8. The molecule has 0 amide bonds. The lowest BCUT2D eigenvalue weighted by Gasteiger charge is -2.13. The van der Waals surface area contributed by atoms with Crippen molar-refractivity contribution in [3.05, 3.63) is 48.0 Å². The molecule has 0 aliphatic rings. The summed E-state index contributed by atoms with van der Waals surface area (Å²) in [5.41, 5.74) is 0.249. The molecule has 21 heavy (non-hydrogen) atoms. The van der Waals surface area contributed by atoms with Crippen molar-refractivity contribution in [2.45, 2.75) is 0 Å². The Labute approximate surface area is 149 Å². The molecule has 9 heteroatoms. The van der Waals surface area contributed by atoms with Crippen LogP contribution in [0, 0.1) is 0 Å². The maximum Gasteiger partial charge on any atom is 0.337 e. The number of rotatable bonds is 2. The van der Waals surface area contributed by atoms with E-state index in [4.69, 9.17) is 74.7 Å². The highest BCUT2D eigenvalue weighted by Gasteiger charge is 2.23. The third kappa shape index (κ3) is 3.04. The van der Waals surface area contributed by atoms with Crippen LogP contribution in [-0.4, -0.2) is 16.1 Å². The van der Waals surface area contributed by atoms with E-state index in [-0.39, 0.29) is 47.0 Å². The molecule has 1 N–H and O–H groups in total. The maximum atomic E-state index is 10.9. The highest BCUT2D eigenvalue weighted by atomic mass is 35.5. The van der Waals surface area contributed by atoms with Gasteiger partial charge in [-0.15, -0.1) is 0 Å². The van der Waals surface area contributed by atoms with E-state index in [1.807, 2.05) is 0 Å². The van der Waals surface area contributed by atoms with Gasteiger partial charge in [0.15, 0.2) is 0 Å². The second-order valence-electron chi connectivity index (χ2n) is 3.80. The monoisotopic (exact) mass is 403 g/mol. The van der Waals surface area contributed by atoms with Crippen LogP contribution in [0.1, 0.15) is 10.4 Å². The number of hydrogen-bond donors (Lipinski definition) is 1. The van der Waals surface area contributed by atoms with Crippen LogP contribution in [0.2, 0.25) is 30.1 Å². The Morgan fingerprint density at radius 2 is 1.38 bits per heavy atom. The zero-order valence-electron chi connectivity index (χ0n) is 9.73. The number of pyridine rings is 1. The van der Waals surface area contributed by atoms with Crippen molar-refractivity contribution in [3.8, 4) is 11.3 Å². The van der Waals surface area contributed by atoms with E-state index in [1.54, 1.807) is 0 Å². The van der Waals surface area contributed by atoms with Gasteiger partial charge in [0.25, 0.3) is 0 Å². The van der Waals surface area contributed by atoms with Gasteiger partial charge in [-0.25, -0.2) is 4.79 Å². The third-order valence-electron chi connectivity index (χ3n) is 2.53. The van der Waals surface area contributed by atoms with Crippen molar-refractivity contribution in [3.63, 3.8) is 0 Å². The van der Waals surface area contributed by atoms with Gasteiger partial charge in [-0.05, 0) is 6.07 Å². The van der Waals surface area contributed by atoms with E-state index in [0.717, 1.165) is 6.20 Å². The normalized spacial score (nSPS) is 10.8. The topological polar surface area (TPSA) is 50.2 Å². The first-order valence-electron chi connectivity index (χ1n) is 5.16. The van der Waals surface area contributed by atoms with Crippen LogP contribution in [0.15, 0.2) is 12.3 Å². The highest BCUT2D eigenvalue weighted by Crippen LogP contribution is 2.48. The number of hydrogen-bond acceptors (Lipinski definition) is 2. The minimum atomic E-state index is -1.17. The van der Waals surface area contributed by atoms with Gasteiger partial charge in [0.2, 0.25) is 0 Å². The molecule has 0 spiro atoms. The quantitative estimate of drug-likeness (QED) is 0.466. The first-order valence-corrected chi connectivity index (χ1v) is 7.43. The van der Waals surface area contributed by atoms with Crippen molar-refractivity contribution in [2.24, 2.45) is 0 Å². The zero-order valence-corrected chi connectivity index (χ0v) is 14.3. The fourth-order valence-electron chi connectivity index (χ4n) is 1.55. The molecule has 3 nitrogen and oxygen atoms in total. The minimum absolute atomic E-state index is 0.00270. The summed E-state index contributed by atoms with van der Waals surface area (Å²) >= 11 is 36.1. The summed E-state index contributed by atoms with van der Waals surface area (Å²) in [5, 5.41) is 8.99. The van der Waals surface area contributed by atoms with Gasteiger partial charge in [0.1, 0.15) is 0 Å². The number of aromatic nitrogens is 1. The molecular weight excluding hydrogens is 403 g/mol. The Morgan fingerprint density at radius 3 is 1.81 bits per heavy atom. The molecule has 0 aliphatic carbocycles. The fraction of sp³-hybridized carbons (Fsp3) is 0. The number of benzene rings is 1. The molecule has 0 aliphatic heterocycles.